The molecule has 0 spiro atoms. The first-order valence-electron chi connectivity index (χ1n) is 5.39. The molecule has 94 valence electrons. The fourth-order valence-corrected chi connectivity index (χ4v) is 2.02. The van der Waals surface area contributed by atoms with Gasteiger partial charge in [-0.2, -0.15) is 0 Å². The Kier molecular flexibility index (Phi) is 4.12. The smallest absolute Gasteiger partial charge is 0.126 e. The van der Waals surface area contributed by atoms with Gasteiger partial charge in [0.15, 0.2) is 0 Å². The molecule has 0 saturated carbocycles. The number of halogens is 2. The molecule has 0 heterocycles. The summed E-state index contributed by atoms with van der Waals surface area (Å²) < 4.78 is 5.22. The molecule has 0 radical (unpaired) electrons. The maximum absolute atomic E-state index is 10.3. The van der Waals surface area contributed by atoms with Crippen molar-refractivity contribution in [3.63, 3.8) is 0 Å². The third kappa shape index (κ3) is 2.78. The fraction of sp³-hybridized carbons (Fsp3) is 0.143. The van der Waals surface area contributed by atoms with Crippen molar-refractivity contribution in [1.29, 1.82) is 0 Å². The van der Waals surface area contributed by atoms with Gasteiger partial charge >= 0.3 is 0 Å². The second-order valence-corrected chi connectivity index (χ2v) is 4.71. The van der Waals surface area contributed by atoms with Gasteiger partial charge in [-0.3, -0.25) is 0 Å². The second kappa shape index (κ2) is 5.61. The quantitative estimate of drug-likeness (QED) is 0.919. The summed E-state index contributed by atoms with van der Waals surface area (Å²) >= 11 is 11.7. The van der Waals surface area contributed by atoms with Crippen LogP contribution >= 0.6 is 23.2 Å². The van der Waals surface area contributed by atoms with Gasteiger partial charge in [0.05, 0.1) is 7.11 Å². The topological polar surface area (TPSA) is 29.5 Å². The molecule has 0 amide bonds. The molecule has 0 saturated heterocycles. The van der Waals surface area contributed by atoms with E-state index in [9.17, 15) is 5.11 Å². The van der Waals surface area contributed by atoms with Crippen LogP contribution in [-0.4, -0.2) is 12.2 Å². The predicted octanol–water partition coefficient (Wildman–Crippen LogP) is 4.08. The van der Waals surface area contributed by atoms with Crippen molar-refractivity contribution in [1.82, 2.24) is 0 Å². The summed E-state index contributed by atoms with van der Waals surface area (Å²) in [4.78, 5) is 0. The fourth-order valence-electron chi connectivity index (χ4n) is 1.74. The molecule has 0 aromatic heterocycles. The standard InChI is InChI=1S/C14H12Cl2O2/c1-18-13-8-11(16)6-7-12(13)14(17)9-2-4-10(15)5-3-9/h2-8,14,17H,1H3. The van der Waals surface area contributed by atoms with E-state index in [0.29, 0.717) is 21.4 Å². The minimum atomic E-state index is -0.769. The lowest BCUT2D eigenvalue weighted by molar-refractivity contribution is 0.215. The number of aliphatic hydroxyl groups excluding tert-OH is 1. The van der Waals surface area contributed by atoms with Gasteiger partial charge in [0, 0.05) is 15.6 Å². The average molecular weight is 283 g/mol. The van der Waals surface area contributed by atoms with E-state index >= 15 is 0 Å². The van der Waals surface area contributed by atoms with Crippen LogP contribution < -0.4 is 4.74 Å². The summed E-state index contributed by atoms with van der Waals surface area (Å²) in [7, 11) is 1.55. The van der Waals surface area contributed by atoms with Crippen LogP contribution in [0.1, 0.15) is 17.2 Å². The number of benzene rings is 2. The van der Waals surface area contributed by atoms with E-state index in [1.165, 1.54) is 0 Å². The molecule has 2 nitrogen and oxygen atoms in total. The van der Waals surface area contributed by atoms with Crippen molar-refractivity contribution in [2.75, 3.05) is 7.11 Å². The molecule has 0 aliphatic carbocycles. The highest BCUT2D eigenvalue weighted by atomic mass is 35.5. The van der Waals surface area contributed by atoms with Crippen molar-refractivity contribution in [2.45, 2.75) is 6.10 Å². The summed E-state index contributed by atoms with van der Waals surface area (Å²) in [6.45, 7) is 0. The lowest BCUT2D eigenvalue weighted by atomic mass is 10.0. The molecule has 1 atom stereocenters. The second-order valence-electron chi connectivity index (χ2n) is 3.84. The number of hydrogen-bond acceptors (Lipinski definition) is 2. The van der Waals surface area contributed by atoms with E-state index in [-0.39, 0.29) is 0 Å². The third-order valence-electron chi connectivity index (χ3n) is 2.68. The van der Waals surface area contributed by atoms with Crippen molar-refractivity contribution >= 4 is 23.2 Å². The first kappa shape index (κ1) is 13.2. The highest BCUT2D eigenvalue weighted by Gasteiger charge is 2.15. The van der Waals surface area contributed by atoms with Gasteiger partial charge in [0.25, 0.3) is 0 Å². The number of rotatable bonds is 3. The van der Waals surface area contributed by atoms with Gasteiger partial charge in [-0.15, -0.1) is 0 Å². The van der Waals surface area contributed by atoms with Crippen LogP contribution in [0.2, 0.25) is 10.0 Å². The highest BCUT2D eigenvalue weighted by Crippen LogP contribution is 2.32. The summed E-state index contributed by atoms with van der Waals surface area (Å²) in [6, 6.07) is 12.2. The van der Waals surface area contributed by atoms with E-state index in [1.54, 1.807) is 49.6 Å². The normalized spacial score (nSPS) is 12.2. The van der Waals surface area contributed by atoms with Crippen molar-refractivity contribution in [2.24, 2.45) is 0 Å². The van der Waals surface area contributed by atoms with Gasteiger partial charge in [-0.25, -0.2) is 0 Å². The van der Waals surface area contributed by atoms with Crippen LogP contribution in [0.25, 0.3) is 0 Å². The highest BCUT2D eigenvalue weighted by molar-refractivity contribution is 6.31. The Morgan fingerprint density at radius 3 is 2.22 bits per heavy atom. The van der Waals surface area contributed by atoms with Crippen molar-refractivity contribution in [3.05, 3.63) is 63.6 Å². The molecule has 1 unspecified atom stereocenters. The minimum Gasteiger partial charge on any atom is -0.496 e. The Labute approximate surface area is 116 Å². The zero-order valence-electron chi connectivity index (χ0n) is 9.73. The molecule has 4 heteroatoms. The van der Waals surface area contributed by atoms with Gasteiger partial charge in [0.1, 0.15) is 11.9 Å². The molecule has 18 heavy (non-hydrogen) atoms. The lowest BCUT2D eigenvalue weighted by Crippen LogP contribution is -2.02. The molecule has 0 fully saturated rings. The predicted molar refractivity (Wildman–Crippen MR) is 73.5 cm³/mol. The minimum absolute atomic E-state index is 0.560. The zero-order valence-corrected chi connectivity index (χ0v) is 11.2. The number of aliphatic hydroxyl groups is 1. The molecular formula is C14H12Cl2O2. The Balaban J connectivity index is 2.39. The Morgan fingerprint density at radius 1 is 1.00 bits per heavy atom. The average Bonchev–Trinajstić information content (AvgIpc) is 2.38. The number of methoxy groups -OCH3 is 1. The van der Waals surface area contributed by atoms with Gasteiger partial charge in [-0.1, -0.05) is 41.4 Å². The molecule has 0 bridgehead atoms. The Bertz CT molecular complexity index is 538. The van der Waals surface area contributed by atoms with Crippen molar-refractivity contribution < 1.29 is 9.84 Å². The van der Waals surface area contributed by atoms with Gasteiger partial charge < -0.3 is 9.84 Å². The first-order chi connectivity index (χ1) is 8.61. The first-order valence-corrected chi connectivity index (χ1v) is 6.14. The van der Waals surface area contributed by atoms with Crippen LogP contribution in [0.4, 0.5) is 0 Å². The molecular weight excluding hydrogens is 271 g/mol. The molecule has 2 aromatic rings. The summed E-state index contributed by atoms with van der Waals surface area (Å²) in [5, 5.41) is 11.5. The van der Waals surface area contributed by atoms with E-state index < -0.39 is 6.10 Å². The monoisotopic (exact) mass is 282 g/mol. The largest absolute Gasteiger partial charge is 0.496 e. The Hall–Kier alpha value is -1.22. The maximum atomic E-state index is 10.3. The van der Waals surface area contributed by atoms with E-state index in [1.807, 2.05) is 0 Å². The van der Waals surface area contributed by atoms with Crippen molar-refractivity contribution in [3.8, 4) is 5.75 Å². The molecule has 1 N–H and O–H groups in total. The van der Waals surface area contributed by atoms with Crippen LogP contribution in [-0.2, 0) is 0 Å². The zero-order chi connectivity index (χ0) is 13.1. The summed E-state index contributed by atoms with van der Waals surface area (Å²) in [6.07, 6.45) is -0.769. The van der Waals surface area contributed by atoms with Crippen LogP contribution in [0.5, 0.6) is 5.75 Å². The molecule has 0 aliphatic heterocycles. The van der Waals surface area contributed by atoms with Crippen LogP contribution in [0.3, 0.4) is 0 Å². The number of ether oxygens (including phenoxy) is 1. The maximum Gasteiger partial charge on any atom is 0.126 e. The van der Waals surface area contributed by atoms with Crippen LogP contribution in [0, 0.1) is 0 Å². The lowest BCUT2D eigenvalue weighted by Gasteiger charge is -2.15. The van der Waals surface area contributed by atoms with E-state index in [2.05, 4.69) is 0 Å². The van der Waals surface area contributed by atoms with E-state index in [0.717, 1.165) is 5.56 Å². The van der Waals surface area contributed by atoms with Gasteiger partial charge in [0.2, 0.25) is 0 Å². The number of hydrogen-bond donors (Lipinski definition) is 1. The third-order valence-corrected chi connectivity index (χ3v) is 3.16. The van der Waals surface area contributed by atoms with Crippen LogP contribution in [0.15, 0.2) is 42.5 Å². The summed E-state index contributed by atoms with van der Waals surface area (Å²) in [5.41, 5.74) is 1.42. The SMILES string of the molecule is COc1cc(Cl)ccc1C(O)c1ccc(Cl)cc1. The molecule has 0 aliphatic rings. The summed E-state index contributed by atoms with van der Waals surface area (Å²) in [5.74, 6) is 0.560. The molecule has 2 aromatic carbocycles. The van der Waals surface area contributed by atoms with E-state index in [4.69, 9.17) is 27.9 Å². The molecule has 2 rings (SSSR count). The Morgan fingerprint density at radius 2 is 1.61 bits per heavy atom. The van der Waals surface area contributed by atoms with Gasteiger partial charge in [-0.05, 0) is 29.8 Å².